The highest BCUT2D eigenvalue weighted by molar-refractivity contribution is 5.35. The van der Waals surface area contributed by atoms with Crippen LogP contribution in [0.3, 0.4) is 0 Å². The smallest absolute Gasteiger partial charge is 0.125 e. The molecule has 0 amide bonds. The molecule has 15 heavy (non-hydrogen) atoms. The van der Waals surface area contributed by atoms with Crippen LogP contribution in [0.15, 0.2) is 18.2 Å². The Morgan fingerprint density at radius 2 is 2.07 bits per heavy atom. The summed E-state index contributed by atoms with van der Waals surface area (Å²) in [6.45, 7) is 5.55. The summed E-state index contributed by atoms with van der Waals surface area (Å²) >= 11 is 0. The number of aliphatic hydroxyl groups excluding tert-OH is 1. The Bertz CT molecular complexity index is 323. The molecule has 0 aromatic heterocycles. The van der Waals surface area contributed by atoms with E-state index in [2.05, 4.69) is 0 Å². The summed E-state index contributed by atoms with van der Waals surface area (Å²) in [4.78, 5) is 0. The maximum atomic E-state index is 13.0. The van der Waals surface area contributed by atoms with E-state index >= 15 is 0 Å². The minimum Gasteiger partial charge on any atom is -0.490 e. The van der Waals surface area contributed by atoms with E-state index < -0.39 is 6.10 Å². The molecule has 0 saturated heterocycles. The van der Waals surface area contributed by atoms with Gasteiger partial charge in [-0.15, -0.1) is 0 Å². The predicted molar refractivity (Wildman–Crippen MR) is 57.4 cm³/mol. The minimum absolute atomic E-state index is 0.0629. The van der Waals surface area contributed by atoms with Gasteiger partial charge in [-0.2, -0.15) is 0 Å². The Hall–Kier alpha value is -1.09. The molecule has 0 saturated carbocycles. The second-order valence-corrected chi connectivity index (χ2v) is 3.69. The largest absolute Gasteiger partial charge is 0.490 e. The fourth-order valence-corrected chi connectivity index (χ4v) is 1.25. The lowest BCUT2D eigenvalue weighted by Crippen LogP contribution is -2.12. The first-order valence-corrected chi connectivity index (χ1v) is 5.18. The van der Waals surface area contributed by atoms with Crippen LogP contribution in [0.4, 0.5) is 4.39 Å². The summed E-state index contributed by atoms with van der Waals surface area (Å²) in [6, 6.07) is 4.20. The highest BCUT2D eigenvalue weighted by atomic mass is 19.1. The molecule has 2 atom stereocenters. The number of aliphatic hydroxyl groups is 1. The summed E-state index contributed by atoms with van der Waals surface area (Å²) in [6.07, 6.45) is 0.212. The Labute approximate surface area is 89.7 Å². The van der Waals surface area contributed by atoms with E-state index in [1.165, 1.54) is 12.1 Å². The second-order valence-electron chi connectivity index (χ2n) is 3.69. The molecule has 1 aromatic carbocycles. The first-order chi connectivity index (χ1) is 7.04. The Kier molecular flexibility index (Phi) is 4.09. The summed E-state index contributed by atoms with van der Waals surface area (Å²) in [5.74, 6) is 0.197. The first-order valence-electron chi connectivity index (χ1n) is 5.18. The van der Waals surface area contributed by atoms with Crippen molar-refractivity contribution in [3.63, 3.8) is 0 Å². The molecule has 1 unspecified atom stereocenters. The first kappa shape index (κ1) is 12.0. The third kappa shape index (κ3) is 3.20. The highest BCUT2D eigenvalue weighted by Gasteiger charge is 2.12. The van der Waals surface area contributed by atoms with Crippen molar-refractivity contribution in [1.82, 2.24) is 0 Å². The highest BCUT2D eigenvalue weighted by Crippen LogP contribution is 2.27. The zero-order valence-electron chi connectivity index (χ0n) is 9.33. The van der Waals surface area contributed by atoms with Gasteiger partial charge in [0.05, 0.1) is 12.2 Å². The van der Waals surface area contributed by atoms with Gasteiger partial charge in [-0.05, 0) is 38.5 Å². The lowest BCUT2D eigenvalue weighted by Gasteiger charge is -2.17. The van der Waals surface area contributed by atoms with Gasteiger partial charge in [-0.3, -0.25) is 0 Å². The molecule has 0 fully saturated rings. The fraction of sp³-hybridized carbons (Fsp3) is 0.500. The monoisotopic (exact) mass is 212 g/mol. The lowest BCUT2D eigenvalue weighted by atomic mass is 10.1. The summed E-state index contributed by atoms with van der Waals surface area (Å²) in [5.41, 5.74) is 0.496. The molecule has 1 N–H and O–H groups in total. The average molecular weight is 212 g/mol. The number of benzene rings is 1. The third-order valence-electron chi connectivity index (χ3n) is 2.32. The van der Waals surface area contributed by atoms with Gasteiger partial charge in [0.1, 0.15) is 11.6 Å². The molecule has 0 heterocycles. The third-order valence-corrected chi connectivity index (χ3v) is 2.32. The zero-order valence-corrected chi connectivity index (χ0v) is 9.33. The van der Waals surface area contributed by atoms with Gasteiger partial charge in [0.2, 0.25) is 0 Å². The van der Waals surface area contributed by atoms with Crippen LogP contribution in [0, 0.1) is 5.82 Å². The van der Waals surface area contributed by atoms with E-state index in [4.69, 9.17) is 4.74 Å². The molecule has 0 aliphatic carbocycles. The molecule has 0 aliphatic rings. The number of rotatable bonds is 4. The standard InChI is InChI=1S/C12H17FO2/c1-4-8(2)15-12-6-5-10(13)7-11(12)9(3)14/h5-9,14H,4H2,1-3H3/t8?,9-/m0/s1. The van der Waals surface area contributed by atoms with Gasteiger partial charge in [0.15, 0.2) is 0 Å². The van der Waals surface area contributed by atoms with Crippen LogP contribution in [0.5, 0.6) is 5.75 Å². The van der Waals surface area contributed by atoms with Crippen LogP contribution in [0.2, 0.25) is 0 Å². The number of hydrogen-bond donors (Lipinski definition) is 1. The normalized spacial score (nSPS) is 14.7. The summed E-state index contributed by atoms with van der Waals surface area (Å²) in [5, 5.41) is 9.47. The Morgan fingerprint density at radius 1 is 1.40 bits per heavy atom. The van der Waals surface area contributed by atoms with Crippen molar-refractivity contribution in [2.45, 2.75) is 39.4 Å². The van der Waals surface area contributed by atoms with E-state index in [0.717, 1.165) is 6.42 Å². The Balaban J connectivity index is 2.95. The van der Waals surface area contributed by atoms with Gasteiger partial charge in [-0.1, -0.05) is 6.92 Å². The van der Waals surface area contributed by atoms with Gasteiger partial charge < -0.3 is 9.84 Å². The maximum absolute atomic E-state index is 13.0. The van der Waals surface area contributed by atoms with Gasteiger partial charge in [0.25, 0.3) is 0 Å². The predicted octanol–water partition coefficient (Wildman–Crippen LogP) is 3.06. The van der Waals surface area contributed by atoms with Crippen molar-refractivity contribution in [3.8, 4) is 5.75 Å². The van der Waals surface area contributed by atoms with Crippen molar-refractivity contribution in [3.05, 3.63) is 29.6 Å². The maximum Gasteiger partial charge on any atom is 0.125 e. The van der Waals surface area contributed by atoms with Crippen LogP contribution in [-0.2, 0) is 0 Å². The lowest BCUT2D eigenvalue weighted by molar-refractivity contribution is 0.176. The SMILES string of the molecule is CCC(C)Oc1ccc(F)cc1[C@H](C)O. The van der Waals surface area contributed by atoms with Crippen molar-refractivity contribution < 1.29 is 14.2 Å². The molecule has 0 aliphatic heterocycles. The molecule has 3 heteroatoms. The fourth-order valence-electron chi connectivity index (χ4n) is 1.25. The van der Waals surface area contributed by atoms with Crippen molar-refractivity contribution >= 4 is 0 Å². The molecule has 1 rings (SSSR count). The van der Waals surface area contributed by atoms with Crippen LogP contribution in [0.25, 0.3) is 0 Å². The quantitative estimate of drug-likeness (QED) is 0.831. The van der Waals surface area contributed by atoms with Gasteiger partial charge in [-0.25, -0.2) is 4.39 Å². The van der Waals surface area contributed by atoms with E-state index in [0.29, 0.717) is 11.3 Å². The molecule has 1 aromatic rings. The van der Waals surface area contributed by atoms with E-state index in [1.807, 2.05) is 13.8 Å². The Morgan fingerprint density at radius 3 is 2.60 bits per heavy atom. The number of hydrogen-bond acceptors (Lipinski definition) is 2. The van der Waals surface area contributed by atoms with E-state index in [1.54, 1.807) is 13.0 Å². The van der Waals surface area contributed by atoms with E-state index in [-0.39, 0.29) is 11.9 Å². The number of halogens is 1. The topological polar surface area (TPSA) is 29.5 Å². The zero-order chi connectivity index (χ0) is 11.4. The minimum atomic E-state index is -0.722. The van der Waals surface area contributed by atoms with Crippen molar-refractivity contribution in [1.29, 1.82) is 0 Å². The van der Waals surface area contributed by atoms with Crippen LogP contribution in [0.1, 0.15) is 38.9 Å². The molecule has 0 spiro atoms. The number of ether oxygens (including phenoxy) is 1. The molecule has 2 nitrogen and oxygen atoms in total. The van der Waals surface area contributed by atoms with Gasteiger partial charge in [0, 0.05) is 5.56 Å². The average Bonchev–Trinajstić information content (AvgIpc) is 2.20. The molecular weight excluding hydrogens is 195 g/mol. The second kappa shape index (κ2) is 5.12. The molecule has 0 radical (unpaired) electrons. The van der Waals surface area contributed by atoms with E-state index in [9.17, 15) is 9.50 Å². The van der Waals surface area contributed by atoms with Crippen LogP contribution in [-0.4, -0.2) is 11.2 Å². The van der Waals surface area contributed by atoms with Crippen LogP contribution >= 0.6 is 0 Å². The van der Waals surface area contributed by atoms with Gasteiger partial charge >= 0.3 is 0 Å². The molecule has 84 valence electrons. The summed E-state index contributed by atoms with van der Waals surface area (Å²) < 4.78 is 18.5. The van der Waals surface area contributed by atoms with Crippen molar-refractivity contribution in [2.75, 3.05) is 0 Å². The van der Waals surface area contributed by atoms with Crippen LogP contribution < -0.4 is 4.74 Å². The molecule has 0 bridgehead atoms. The summed E-state index contributed by atoms with van der Waals surface area (Å²) in [7, 11) is 0. The molecular formula is C12H17FO2. The van der Waals surface area contributed by atoms with Crippen molar-refractivity contribution in [2.24, 2.45) is 0 Å².